The van der Waals surface area contributed by atoms with E-state index in [0.717, 1.165) is 25.3 Å². The first-order chi connectivity index (χ1) is 8.86. The average molecular weight is 264 g/mol. The smallest absolute Gasteiger partial charge is 0.123 e. The molecule has 1 aromatic rings. The van der Waals surface area contributed by atoms with Crippen molar-refractivity contribution in [2.45, 2.75) is 16.6 Å². The van der Waals surface area contributed by atoms with E-state index in [1.54, 1.807) is 7.11 Å². The molecule has 1 fully saturated rings. The fraction of sp³-hybridized carbons (Fsp3) is 0.571. The van der Waals surface area contributed by atoms with Crippen LogP contribution in [0.15, 0.2) is 23.1 Å². The third kappa shape index (κ3) is 2.51. The SMILES string of the molecule is COc1cccc2c1CC(CN1CCNCC1)S2. The van der Waals surface area contributed by atoms with Crippen LogP contribution in [-0.2, 0) is 6.42 Å². The molecule has 98 valence electrons. The van der Waals surface area contributed by atoms with Gasteiger partial charge in [0.15, 0.2) is 0 Å². The highest BCUT2D eigenvalue weighted by molar-refractivity contribution is 8.00. The van der Waals surface area contributed by atoms with E-state index < -0.39 is 0 Å². The van der Waals surface area contributed by atoms with Gasteiger partial charge in [-0.15, -0.1) is 11.8 Å². The van der Waals surface area contributed by atoms with Crippen LogP contribution in [0.2, 0.25) is 0 Å². The molecule has 0 radical (unpaired) electrons. The second-order valence-electron chi connectivity index (χ2n) is 4.93. The van der Waals surface area contributed by atoms with E-state index in [0.29, 0.717) is 5.25 Å². The van der Waals surface area contributed by atoms with E-state index in [9.17, 15) is 0 Å². The summed E-state index contributed by atoms with van der Waals surface area (Å²) in [5, 5.41) is 4.10. The molecule has 3 rings (SSSR count). The predicted octanol–water partition coefficient (Wildman–Crippen LogP) is 1.62. The van der Waals surface area contributed by atoms with Crippen LogP contribution in [0.4, 0.5) is 0 Å². The van der Waals surface area contributed by atoms with Crippen LogP contribution in [0, 0.1) is 0 Å². The van der Waals surface area contributed by atoms with Crippen LogP contribution in [0.25, 0.3) is 0 Å². The summed E-state index contributed by atoms with van der Waals surface area (Å²) in [4.78, 5) is 3.99. The third-order valence-corrected chi connectivity index (χ3v) is 4.99. The minimum atomic E-state index is 0.689. The number of nitrogens with one attached hydrogen (secondary N) is 1. The zero-order valence-electron chi connectivity index (χ0n) is 10.8. The van der Waals surface area contributed by atoms with Gasteiger partial charge in [-0.25, -0.2) is 0 Å². The Labute approximate surface area is 113 Å². The Morgan fingerprint density at radius 2 is 2.22 bits per heavy atom. The first kappa shape index (κ1) is 12.3. The van der Waals surface area contributed by atoms with Crippen molar-refractivity contribution in [3.05, 3.63) is 23.8 Å². The second kappa shape index (κ2) is 5.51. The Hall–Kier alpha value is -0.710. The van der Waals surface area contributed by atoms with E-state index in [1.165, 1.54) is 30.1 Å². The molecule has 2 aliphatic heterocycles. The van der Waals surface area contributed by atoms with Crippen molar-refractivity contribution in [3.63, 3.8) is 0 Å². The lowest BCUT2D eigenvalue weighted by Gasteiger charge is -2.29. The molecule has 0 amide bonds. The van der Waals surface area contributed by atoms with Crippen LogP contribution >= 0.6 is 11.8 Å². The van der Waals surface area contributed by atoms with Gasteiger partial charge in [0, 0.05) is 48.4 Å². The van der Waals surface area contributed by atoms with Crippen molar-refractivity contribution in [2.75, 3.05) is 39.8 Å². The molecule has 0 saturated carbocycles. The zero-order valence-corrected chi connectivity index (χ0v) is 11.6. The number of fused-ring (bicyclic) bond motifs is 1. The molecule has 1 unspecified atom stereocenters. The predicted molar refractivity (Wildman–Crippen MR) is 75.7 cm³/mol. The van der Waals surface area contributed by atoms with Gasteiger partial charge in [0.05, 0.1) is 7.11 Å². The summed E-state index contributed by atoms with van der Waals surface area (Å²) in [6, 6.07) is 6.39. The maximum atomic E-state index is 5.46. The Kier molecular flexibility index (Phi) is 3.77. The first-order valence-corrected chi connectivity index (χ1v) is 7.50. The van der Waals surface area contributed by atoms with Crippen molar-refractivity contribution < 1.29 is 4.74 Å². The topological polar surface area (TPSA) is 24.5 Å². The van der Waals surface area contributed by atoms with E-state index in [-0.39, 0.29) is 0 Å². The number of nitrogens with zero attached hydrogens (tertiary/aromatic N) is 1. The fourth-order valence-corrected chi connectivity index (χ4v) is 4.16. The summed E-state index contributed by atoms with van der Waals surface area (Å²) < 4.78 is 5.46. The van der Waals surface area contributed by atoms with Crippen molar-refractivity contribution in [1.82, 2.24) is 10.2 Å². The molecule has 1 N–H and O–H groups in total. The van der Waals surface area contributed by atoms with Gasteiger partial charge in [0.1, 0.15) is 5.75 Å². The number of rotatable bonds is 3. The molecule has 0 bridgehead atoms. The highest BCUT2D eigenvalue weighted by Gasteiger charge is 2.27. The number of piperazine rings is 1. The van der Waals surface area contributed by atoms with Gasteiger partial charge >= 0.3 is 0 Å². The number of hydrogen-bond donors (Lipinski definition) is 1. The number of hydrogen-bond acceptors (Lipinski definition) is 4. The van der Waals surface area contributed by atoms with Crippen LogP contribution in [0.1, 0.15) is 5.56 Å². The minimum Gasteiger partial charge on any atom is -0.496 e. The molecule has 0 aromatic heterocycles. The lowest BCUT2D eigenvalue weighted by atomic mass is 10.1. The quantitative estimate of drug-likeness (QED) is 0.896. The first-order valence-electron chi connectivity index (χ1n) is 6.62. The normalized spacial score (nSPS) is 23.9. The lowest BCUT2D eigenvalue weighted by Crippen LogP contribution is -2.45. The Bertz CT molecular complexity index is 418. The van der Waals surface area contributed by atoms with Gasteiger partial charge < -0.3 is 10.1 Å². The van der Waals surface area contributed by atoms with E-state index in [2.05, 4.69) is 28.4 Å². The Morgan fingerprint density at radius 1 is 1.39 bits per heavy atom. The maximum absolute atomic E-state index is 5.46. The molecule has 1 aromatic carbocycles. The molecule has 0 spiro atoms. The van der Waals surface area contributed by atoms with Crippen LogP contribution in [-0.4, -0.2) is 50.0 Å². The average Bonchev–Trinajstić information content (AvgIpc) is 2.82. The number of ether oxygens (including phenoxy) is 1. The van der Waals surface area contributed by atoms with Crippen molar-refractivity contribution in [2.24, 2.45) is 0 Å². The van der Waals surface area contributed by atoms with Crippen molar-refractivity contribution in [1.29, 1.82) is 0 Å². The summed E-state index contributed by atoms with van der Waals surface area (Å²) in [6.45, 7) is 5.83. The lowest BCUT2D eigenvalue weighted by molar-refractivity contribution is 0.242. The number of methoxy groups -OCH3 is 1. The summed E-state index contributed by atoms with van der Waals surface area (Å²) in [5.41, 5.74) is 1.41. The van der Waals surface area contributed by atoms with Gasteiger partial charge in [-0.2, -0.15) is 0 Å². The van der Waals surface area contributed by atoms with Crippen LogP contribution < -0.4 is 10.1 Å². The van der Waals surface area contributed by atoms with Crippen molar-refractivity contribution >= 4 is 11.8 Å². The Balaban J connectivity index is 1.65. The second-order valence-corrected chi connectivity index (χ2v) is 6.27. The standard InChI is InChI=1S/C14H20N2OS/c1-17-13-3-2-4-14-12(13)9-11(18-14)10-16-7-5-15-6-8-16/h2-4,11,15H,5-10H2,1H3. The van der Waals surface area contributed by atoms with Crippen molar-refractivity contribution in [3.8, 4) is 5.75 Å². The molecule has 18 heavy (non-hydrogen) atoms. The minimum absolute atomic E-state index is 0.689. The molecule has 2 aliphatic rings. The maximum Gasteiger partial charge on any atom is 0.123 e. The van der Waals surface area contributed by atoms with Gasteiger partial charge in [-0.1, -0.05) is 6.07 Å². The molecule has 4 heteroatoms. The highest BCUT2D eigenvalue weighted by atomic mass is 32.2. The summed E-state index contributed by atoms with van der Waals surface area (Å²) in [6.07, 6.45) is 1.15. The largest absolute Gasteiger partial charge is 0.496 e. The molecule has 1 atom stereocenters. The molecular formula is C14H20N2OS. The van der Waals surface area contributed by atoms with E-state index in [1.807, 2.05) is 11.8 Å². The number of thioether (sulfide) groups is 1. The van der Waals surface area contributed by atoms with Crippen LogP contribution in [0.5, 0.6) is 5.75 Å². The fourth-order valence-electron chi connectivity index (χ4n) is 2.78. The van der Waals surface area contributed by atoms with Gasteiger partial charge in [-0.05, 0) is 18.6 Å². The summed E-state index contributed by atoms with van der Waals surface area (Å²) in [7, 11) is 1.77. The summed E-state index contributed by atoms with van der Waals surface area (Å²) >= 11 is 2.02. The number of benzene rings is 1. The Morgan fingerprint density at radius 3 is 3.00 bits per heavy atom. The monoisotopic (exact) mass is 264 g/mol. The molecule has 0 aliphatic carbocycles. The zero-order chi connectivity index (χ0) is 12.4. The molecule has 1 saturated heterocycles. The molecular weight excluding hydrogens is 244 g/mol. The van der Waals surface area contributed by atoms with Crippen LogP contribution in [0.3, 0.4) is 0 Å². The van der Waals surface area contributed by atoms with Gasteiger partial charge in [-0.3, -0.25) is 4.90 Å². The molecule has 2 heterocycles. The van der Waals surface area contributed by atoms with Gasteiger partial charge in [0.25, 0.3) is 0 Å². The highest BCUT2D eigenvalue weighted by Crippen LogP contribution is 2.41. The summed E-state index contributed by atoms with van der Waals surface area (Å²) in [5.74, 6) is 1.06. The van der Waals surface area contributed by atoms with E-state index in [4.69, 9.17) is 4.74 Å². The van der Waals surface area contributed by atoms with E-state index >= 15 is 0 Å². The molecule has 3 nitrogen and oxygen atoms in total. The third-order valence-electron chi connectivity index (χ3n) is 3.71. The van der Waals surface area contributed by atoms with Gasteiger partial charge in [0.2, 0.25) is 0 Å².